The van der Waals surface area contributed by atoms with Gasteiger partial charge in [0.2, 0.25) is 0 Å². The van der Waals surface area contributed by atoms with Crippen LogP contribution in [0.25, 0.3) is 0 Å². The Labute approximate surface area is 123 Å². The van der Waals surface area contributed by atoms with Crippen LogP contribution in [0.4, 0.5) is 0 Å². The predicted octanol–water partition coefficient (Wildman–Crippen LogP) is 2.71. The molecule has 110 valence electrons. The van der Waals surface area contributed by atoms with E-state index in [1.165, 1.54) is 16.9 Å². The molecule has 0 spiro atoms. The van der Waals surface area contributed by atoms with Gasteiger partial charge in [0.1, 0.15) is 0 Å². The van der Waals surface area contributed by atoms with Crippen LogP contribution >= 0.6 is 11.3 Å². The first kappa shape index (κ1) is 15.0. The maximum Gasteiger partial charge on any atom is 0.303 e. The van der Waals surface area contributed by atoms with Gasteiger partial charge in [0, 0.05) is 17.8 Å². The van der Waals surface area contributed by atoms with Gasteiger partial charge in [-0.2, -0.15) is 0 Å². The number of rotatable bonds is 5. The van der Waals surface area contributed by atoms with Crippen molar-refractivity contribution in [3.05, 3.63) is 21.4 Å². The third kappa shape index (κ3) is 3.82. The fourth-order valence-electron chi connectivity index (χ4n) is 2.54. The lowest BCUT2D eigenvalue weighted by Crippen LogP contribution is -2.28. The lowest BCUT2D eigenvalue weighted by Gasteiger charge is -2.16. The summed E-state index contributed by atoms with van der Waals surface area (Å²) in [4.78, 5) is 24.8. The number of aliphatic carboxylic acids is 1. The zero-order valence-corrected chi connectivity index (χ0v) is 12.8. The van der Waals surface area contributed by atoms with Crippen LogP contribution in [0, 0.1) is 11.8 Å². The van der Waals surface area contributed by atoms with Crippen LogP contribution in [0.15, 0.2) is 6.07 Å². The number of aryl methyl sites for hydroxylation is 1. The summed E-state index contributed by atoms with van der Waals surface area (Å²) in [7, 11) is 0. The Kier molecular flexibility index (Phi) is 4.81. The summed E-state index contributed by atoms with van der Waals surface area (Å²) in [5.74, 6) is -0.253. The summed E-state index contributed by atoms with van der Waals surface area (Å²) in [5, 5.41) is 11.5. The van der Waals surface area contributed by atoms with E-state index in [2.05, 4.69) is 12.2 Å². The van der Waals surface area contributed by atoms with E-state index in [1.54, 1.807) is 11.3 Å². The fraction of sp³-hybridized carbons (Fsp3) is 0.600. The Balaban J connectivity index is 1.91. The first-order chi connectivity index (χ1) is 9.45. The SMILES string of the molecule is CC(CNC(=O)c1cc2c(s1)CCC(C)C2)CC(=O)O. The normalized spacial score (nSPS) is 19.2. The molecule has 20 heavy (non-hydrogen) atoms. The standard InChI is InChI=1S/C15H21NO3S/c1-9-3-4-12-11(5-9)7-13(20-12)15(19)16-8-10(2)6-14(17)18/h7,9-10H,3-6,8H2,1-2H3,(H,16,19)(H,17,18). The molecular weight excluding hydrogens is 274 g/mol. The summed E-state index contributed by atoms with van der Waals surface area (Å²) in [6.07, 6.45) is 3.42. The molecule has 1 aliphatic carbocycles. The molecule has 1 aromatic heterocycles. The Hall–Kier alpha value is -1.36. The highest BCUT2D eigenvalue weighted by Gasteiger charge is 2.20. The lowest BCUT2D eigenvalue weighted by molar-refractivity contribution is -0.137. The highest BCUT2D eigenvalue weighted by Crippen LogP contribution is 2.32. The number of carboxylic acids is 1. The molecule has 1 amide bonds. The van der Waals surface area contributed by atoms with Gasteiger partial charge >= 0.3 is 5.97 Å². The number of nitrogens with one attached hydrogen (secondary N) is 1. The molecule has 0 aliphatic heterocycles. The number of carboxylic acid groups (broad SMARTS) is 1. The van der Waals surface area contributed by atoms with Gasteiger partial charge in [-0.25, -0.2) is 0 Å². The predicted molar refractivity (Wildman–Crippen MR) is 79.3 cm³/mol. The number of hydrogen-bond acceptors (Lipinski definition) is 3. The van der Waals surface area contributed by atoms with E-state index in [-0.39, 0.29) is 18.2 Å². The summed E-state index contributed by atoms with van der Waals surface area (Å²) in [5.41, 5.74) is 1.32. The van der Waals surface area contributed by atoms with E-state index < -0.39 is 5.97 Å². The number of amides is 1. The summed E-state index contributed by atoms with van der Waals surface area (Å²) < 4.78 is 0. The molecule has 2 unspecified atom stereocenters. The van der Waals surface area contributed by atoms with Gasteiger partial charge in [-0.05, 0) is 42.7 Å². The van der Waals surface area contributed by atoms with E-state index in [0.717, 1.165) is 17.7 Å². The number of carbonyl (C=O) groups excluding carboxylic acids is 1. The number of thiophene rings is 1. The van der Waals surface area contributed by atoms with Crippen molar-refractivity contribution in [1.29, 1.82) is 0 Å². The van der Waals surface area contributed by atoms with Crippen LogP contribution in [-0.4, -0.2) is 23.5 Å². The zero-order chi connectivity index (χ0) is 14.7. The minimum Gasteiger partial charge on any atom is -0.481 e. The van der Waals surface area contributed by atoms with Gasteiger partial charge in [-0.1, -0.05) is 13.8 Å². The topological polar surface area (TPSA) is 66.4 Å². The number of fused-ring (bicyclic) bond motifs is 1. The average molecular weight is 295 g/mol. The molecule has 1 heterocycles. The Morgan fingerprint density at radius 3 is 3.00 bits per heavy atom. The molecule has 2 atom stereocenters. The van der Waals surface area contributed by atoms with Crippen molar-refractivity contribution in [2.45, 2.75) is 39.5 Å². The van der Waals surface area contributed by atoms with E-state index in [9.17, 15) is 9.59 Å². The first-order valence-electron chi connectivity index (χ1n) is 7.07. The number of hydrogen-bond donors (Lipinski definition) is 2. The lowest BCUT2D eigenvalue weighted by atomic mass is 9.90. The number of carbonyl (C=O) groups is 2. The van der Waals surface area contributed by atoms with E-state index in [1.807, 2.05) is 13.0 Å². The quantitative estimate of drug-likeness (QED) is 0.877. The molecule has 5 heteroatoms. The molecular formula is C15H21NO3S. The Morgan fingerprint density at radius 1 is 1.55 bits per heavy atom. The van der Waals surface area contributed by atoms with Crippen molar-refractivity contribution in [3.8, 4) is 0 Å². The van der Waals surface area contributed by atoms with Crippen molar-refractivity contribution in [2.24, 2.45) is 11.8 Å². The van der Waals surface area contributed by atoms with Crippen LogP contribution in [0.2, 0.25) is 0 Å². The fourth-order valence-corrected chi connectivity index (χ4v) is 3.67. The molecule has 0 bridgehead atoms. The minimum absolute atomic E-state index is 0.0499. The van der Waals surface area contributed by atoms with Crippen LogP contribution in [0.5, 0.6) is 0 Å². The van der Waals surface area contributed by atoms with E-state index in [4.69, 9.17) is 5.11 Å². The second-order valence-corrected chi connectivity index (χ2v) is 6.96. The average Bonchev–Trinajstić information content (AvgIpc) is 2.78. The molecule has 2 rings (SSSR count). The van der Waals surface area contributed by atoms with Crippen molar-refractivity contribution in [3.63, 3.8) is 0 Å². The maximum absolute atomic E-state index is 12.1. The zero-order valence-electron chi connectivity index (χ0n) is 11.9. The van der Waals surface area contributed by atoms with Gasteiger partial charge < -0.3 is 10.4 Å². The minimum atomic E-state index is -0.827. The summed E-state index contributed by atoms with van der Waals surface area (Å²) >= 11 is 1.58. The van der Waals surface area contributed by atoms with Gasteiger partial charge in [-0.3, -0.25) is 9.59 Å². The first-order valence-corrected chi connectivity index (χ1v) is 7.89. The monoisotopic (exact) mass is 295 g/mol. The van der Waals surface area contributed by atoms with Crippen molar-refractivity contribution in [2.75, 3.05) is 6.54 Å². The van der Waals surface area contributed by atoms with Crippen molar-refractivity contribution >= 4 is 23.2 Å². The van der Waals surface area contributed by atoms with Gasteiger partial charge in [-0.15, -0.1) is 11.3 Å². The molecule has 0 radical (unpaired) electrons. The Bertz CT molecular complexity index is 509. The van der Waals surface area contributed by atoms with Crippen LogP contribution in [-0.2, 0) is 17.6 Å². The second-order valence-electron chi connectivity index (χ2n) is 5.82. The van der Waals surface area contributed by atoms with Gasteiger partial charge in [0.25, 0.3) is 5.91 Å². The summed E-state index contributed by atoms with van der Waals surface area (Å²) in [6, 6.07) is 2.01. The smallest absolute Gasteiger partial charge is 0.303 e. The van der Waals surface area contributed by atoms with Crippen molar-refractivity contribution in [1.82, 2.24) is 5.32 Å². The van der Waals surface area contributed by atoms with Crippen molar-refractivity contribution < 1.29 is 14.7 Å². The largest absolute Gasteiger partial charge is 0.481 e. The molecule has 0 fully saturated rings. The molecule has 4 nitrogen and oxygen atoms in total. The maximum atomic E-state index is 12.1. The molecule has 2 N–H and O–H groups in total. The summed E-state index contributed by atoms with van der Waals surface area (Å²) in [6.45, 7) is 4.48. The second kappa shape index (κ2) is 6.39. The van der Waals surface area contributed by atoms with Gasteiger partial charge in [0.15, 0.2) is 0 Å². The Morgan fingerprint density at radius 2 is 2.30 bits per heavy atom. The van der Waals surface area contributed by atoms with Crippen LogP contribution in [0.3, 0.4) is 0 Å². The molecule has 0 saturated carbocycles. The molecule has 0 aromatic carbocycles. The molecule has 1 aromatic rings. The highest BCUT2D eigenvalue weighted by atomic mass is 32.1. The van der Waals surface area contributed by atoms with Crippen LogP contribution in [0.1, 0.15) is 46.8 Å². The van der Waals surface area contributed by atoms with Crippen LogP contribution < -0.4 is 5.32 Å². The van der Waals surface area contributed by atoms with E-state index >= 15 is 0 Å². The molecule has 1 aliphatic rings. The van der Waals surface area contributed by atoms with E-state index in [0.29, 0.717) is 12.5 Å². The third-order valence-corrected chi connectivity index (χ3v) is 4.92. The molecule has 0 saturated heterocycles. The third-order valence-electron chi connectivity index (χ3n) is 3.69. The van der Waals surface area contributed by atoms with Gasteiger partial charge in [0.05, 0.1) is 4.88 Å². The highest BCUT2D eigenvalue weighted by molar-refractivity contribution is 7.14.